The number of amides is 1. The molecule has 0 radical (unpaired) electrons. The van der Waals surface area contributed by atoms with E-state index < -0.39 is 6.04 Å². The van der Waals surface area contributed by atoms with Gasteiger partial charge in [-0.3, -0.25) is 4.79 Å². The molecule has 2 heterocycles. The normalized spacial score (nSPS) is 16.2. The van der Waals surface area contributed by atoms with Crippen LogP contribution in [0, 0.1) is 0 Å². The highest BCUT2D eigenvalue weighted by Gasteiger charge is 2.15. The number of carbonyl (C=O) groups excluding carboxylic acids is 1. The molecule has 1 aliphatic rings. The van der Waals surface area contributed by atoms with Gasteiger partial charge in [0.05, 0.1) is 17.9 Å². The second-order valence-electron chi connectivity index (χ2n) is 4.98. The van der Waals surface area contributed by atoms with Gasteiger partial charge in [0.2, 0.25) is 5.91 Å². The lowest BCUT2D eigenvalue weighted by atomic mass is 10.2. The molecule has 0 aliphatic carbocycles. The number of carbonyl (C=O) groups is 1. The molecule has 5 nitrogen and oxygen atoms in total. The molecule has 0 spiro atoms. The quantitative estimate of drug-likeness (QED) is 0.835. The fourth-order valence-corrected chi connectivity index (χ4v) is 2.69. The van der Waals surface area contributed by atoms with E-state index in [1.807, 2.05) is 18.4 Å². The SMILES string of the molecule is CSCC[C@@H](N)C(=O)Nc1ccc(N2CCCC2)nc1. The van der Waals surface area contributed by atoms with E-state index >= 15 is 0 Å². The minimum atomic E-state index is -0.458. The number of anilines is 2. The van der Waals surface area contributed by atoms with Crippen molar-refractivity contribution in [1.29, 1.82) is 0 Å². The fourth-order valence-electron chi connectivity index (χ4n) is 2.20. The number of pyridine rings is 1. The maximum atomic E-state index is 11.9. The molecule has 1 amide bonds. The lowest BCUT2D eigenvalue weighted by Crippen LogP contribution is -2.36. The summed E-state index contributed by atoms with van der Waals surface area (Å²) in [5, 5.41) is 2.81. The summed E-state index contributed by atoms with van der Waals surface area (Å²) in [4.78, 5) is 18.5. The van der Waals surface area contributed by atoms with E-state index in [1.54, 1.807) is 18.0 Å². The Bertz CT molecular complexity index is 431. The number of nitrogens with two attached hydrogens (primary N) is 1. The van der Waals surface area contributed by atoms with Crippen LogP contribution >= 0.6 is 11.8 Å². The maximum Gasteiger partial charge on any atom is 0.241 e. The lowest BCUT2D eigenvalue weighted by Gasteiger charge is -2.17. The van der Waals surface area contributed by atoms with Crippen LogP contribution in [-0.2, 0) is 4.79 Å². The van der Waals surface area contributed by atoms with Crippen molar-refractivity contribution in [2.45, 2.75) is 25.3 Å². The van der Waals surface area contributed by atoms with Gasteiger partial charge in [0.25, 0.3) is 0 Å². The molecule has 110 valence electrons. The molecule has 1 saturated heterocycles. The zero-order chi connectivity index (χ0) is 14.4. The second kappa shape index (κ2) is 7.50. The molecule has 1 aromatic heterocycles. The van der Waals surface area contributed by atoms with Crippen LogP contribution in [0.1, 0.15) is 19.3 Å². The van der Waals surface area contributed by atoms with Gasteiger partial charge < -0.3 is 16.0 Å². The van der Waals surface area contributed by atoms with Crippen molar-refractivity contribution in [2.75, 3.05) is 35.3 Å². The largest absolute Gasteiger partial charge is 0.357 e. The van der Waals surface area contributed by atoms with Crippen LogP contribution in [0.2, 0.25) is 0 Å². The molecule has 0 unspecified atom stereocenters. The smallest absolute Gasteiger partial charge is 0.241 e. The van der Waals surface area contributed by atoms with Gasteiger partial charge in [-0.2, -0.15) is 11.8 Å². The predicted molar refractivity (Wildman–Crippen MR) is 85.3 cm³/mol. The van der Waals surface area contributed by atoms with Crippen molar-refractivity contribution < 1.29 is 4.79 Å². The second-order valence-corrected chi connectivity index (χ2v) is 5.96. The first-order chi connectivity index (χ1) is 9.70. The van der Waals surface area contributed by atoms with Crippen LogP contribution < -0.4 is 16.0 Å². The Hall–Kier alpha value is -1.27. The monoisotopic (exact) mass is 294 g/mol. The summed E-state index contributed by atoms with van der Waals surface area (Å²) < 4.78 is 0. The van der Waals surface area contributed by atoms with Gasteiger partial charge in [0, 0.05) is 13.1 Å². The number of hydrogen-bond acceptors (Lipinski definition) is 5. The third kappa shape index (κ3) is 4.11. The van der Waals surface area contributed by atoms with Crippen LogP contribution in [0.25, 0.3) is 0 Å². The highest BCUT2D eigenvalue weighted by molar-refractivity contribution is 7.98. The number of nitrogens with one attached hydrogen (secondary N) is 1. The summed E-state index contributed by atoms with van der Waals surface area (Å²) in [6, 6.07) is 3.38. The maximum absolute atomic E-state index is 11.9. The molecular weight excluding hydrogens is 272 g/mol. The van der Waals surface area contributed by atoms with Crippen LogP contribution in [0.4, 0.5) is 11.5 Å². The third-order valence-electron chi connectivity index (χ3n) is 3.42. The molecule has 1 aromatic rings. The molecular formula is C14H22N4OS. The van der Waals surface area contributed by atoms with E-state index in [-0.39, 0.29) is 5.91 Å². The summed E-state index contributed by atoms with van der Waals surface area (Å²) in [6.45, 7) is 2.14. The van der Waals surface area contributed by atoms with Gasteiger partial charge in [-0.25, -0.2) is 4.98 Å². The van der Waals surface area contributed by atoms with Gasteiger partial charge in [-0.1, -0.05) is 0 Å². The zero-order valence-electron chi connectivity index (χ0n) is 11.8. The summed E-state index contributed by atoms with van der Waals surface area (Å²) in [5.74, 6) is 1.72. The Morgan fingerprint density at radius 3 is 2.85 bits per heavy atom. The van der Waals surface area contributed by atoms with Crippen LogP contribution in [0.5, 0.6) is 0 Å². The number of hydrogen-bond donors (Lipinski definition) is 2. The van der Waals surface area contributed by atoms with Gasteiger partial charge in [0.1, 0.15) is 5.82 Å². The van der Waals surface area contributed by atoms with Gasteiger partial charge in [-0.15, -0.1) is 0 Å². The minimum absolute atomic E-state index is 0.144. The Morgan fingerprint density at radius 1 is 1.50 bits per heavy atom. The van der Waals surface area contributed by atoms with Crippen molar-refractivity contribution in [1.82, 2.24) is 4.98 Å². The lowest BCUT2D eigenvalue weighted by molar-refractivity contribution is -0.117. The summed E-state index contributed by atoms with van der Waals surface area (Å²) in [6.07, 6.45) is 6.85. The van der Waals surface area contributed by atoms with Crippen molar-refractivity contribution in [3.63, 3.8) is 0 Å². The first kappa shape index (κ1) is 15.1. The molecule has 2 rings (SSSR count). The topological polar surface area (TPSA) is 71.2 Å². The summed E-state index contributed by atoms with van der Waals surface area (Å²) in [7, 11) is 0. The van der Waals surface area contributed by atoms with Crippen LogP contribution in [0.15, 0.2) is 18.3 Å². The Kier molecular flexibility index (Phi) is 5.67. The van der Waals surface area contributed by atoms with Gasteiger partial charge >= 0.3 is 0 Å². The van der Waals surface area contributed by atoms with E-state index in [9.17, 15) is 4.79 Å². The van der Waals surface area contributed by atoms with Crippen molar-refractivity contribution in [3.8, 4) is 0 Å². The minimum Gasteiger partial charge on any atom is -0.357 e. The van der Waals surface area contributed by atoms with Crippen LogP contribution in [-0.4, -0.2) is 42.0 Å². The van der Waals surface area contributed by atoms with Crippen molar-refractivity contribution >= 4 is 29.2 Å². The Balaban J connectivity index is 1.88. The highest BCUT2D eigenvalue weighted by atomic mass is 32.2. The average Bonchev–Trinajstić information content (AvgIpc) is 2.99. The first-order valence-electron chi connectivity index (χ1n) is 6.97. The van der Waals surface area contributed by atoms with Crippen molar-refractivity contribution in [2.24, 2.45) is 5.73 Å². The molecule has 1 atom stereocenters. The number of nitrogens with zero attached hydrogens (tertiary/aromatic N) is 2. The molecule has 3 N–H and O–H groups in total. The number of rotatable bonds is 6. The van der Waals surface area contributed by atoms with E-state index in [4.69, 9.17) is 5.73 Å². The molecule has 1 aliphatic heterocycles. The molecule has 0 bridgehead atoms. The Labute approximate surface area is 124 Å². The van der Waals surface area contributed by atoms with E-state index in [0.29, 0.717) is 12.1 Å². The molecule has 1 fully saturated rings. The fraction of sp³-hybridized carbons (Fsp3) is 0.571. The summed E-state index contributed by atoms with van der Waals surface area (Å²) in [5.41, 5.74) is 6.53. The highest BCUT2D eigenvalue weighted by Crippen LogP contribution is 2.19. The number of thioether (sulfide) groups is 1. The van der Waals surface area contributed by atoms with Crippen molar-refractivity contribution in [3.05, 3.63) is 18.3 Å². The number of aromatic nitrogens is 1. The van der Waals surface area contributed by atoms with Crippen LogP contribution in [0.3, 0.4) is 0 Å². The summed E-state index contributed by atoms with van der Waals surface area (Å²) >= 11 is 1.69. The third-order valence-corrected chi connectivity index (χ3v) is 4.06. The van der Waals surface area contributed by atoms with Gasteiger partial charge in [0.15, 0.2) is 0 Å². The van der Waals surface area contributed by atoms with E-state index in [1.165, 1.54) is 12.8 Å². The predicted octanol–water partition coefficient (Wildman–Crippen LogP) is 1.70. The molecule has 20 heavy (non-hydrogen) atoms. The molecule has 0 saturated carbocycles. The molecule has 0 aromatic carbocycles. The van der Waals surface area contributed by atoms with Gasteiger partial charge in [-0.05, 0) is 43.4 Å². The van der Waals surface area contributed by atoms with E-state index in [2.05, 4.69) is 15.2 Å². The molecule has 6 heteroatoms. The first-order valence-corrected chi connectivity index (χ1v) is 8.36. The van der Waals surface area contributed by atoms with E-state index in [0.717, 1.165) is 24.7 Å². The Morgan fingerprint density at radius 2 is 2.25 bits per heavy atom. The standard InChI is InChI=1S/C14H22N4OS/c1-20-9-6-12(15)14(19)17-11-4-5-13(16-10-11)18-7-2-3-8-18/h4-5,10,12H,2-3,6-9,15H2,1H3,(H,17,19)/t12-/m1/s1. The zero-order valence-corrected chi connectivity index (χ0v) is 12.7. The average molecular weight is 294 g/mol.